The first-order valence-corrected chi connectivity index (χ1v) is 9.69. The second-order valence-corrected chi connectivity index (χ2v) is 8.38. The third-order valence-corrected chi connectivity index (χ3v) is 6.59. The highest BCUT2D eigenvalue weighted by atomic mass is 16.5. The van der Waals surface area contributed by atoms with Gasteiger partial charge in [0.15, 0.2) is 6.10 Å². The summed E-state index contributed by atoms with van der Waals surface area (Å²) in [7, 11) is 0. The van der Waals surface area contributed by atoms with Crippen LogP contribution in [0, 0.1) is 17.3 Å². The third-order valence-electron chi connectivity index (χ3n) is 6.59. The average Bonchev–Trinajstić information content (AvgIpc) is 3.23. The number of carbonyl (C=O) groups excluding carboxylic acids is 1. The number of morpholine rings is 1. The van der Waals surface area contributed by atoms with Crippen LogP contribution in [0.1, 0.15) is 38.2 Å². The number of carboxylic acids is 1. The molecule has 2 bridgehead atoms. The summed E-state index contributed by atoms with van der Waals surface area (Å²) in [5.41, 5.74) is 0.828. The van der Waals surface area contributed by atoms with Crippen molar-refractivity contribution in [2.24, 2.45) is 17.3 Å². The van der Waals surface area contributed by atoms with E-state index in [-0.39, 0.29) is 24.0 Å². The standard InChI is InChI=1S/C21H27NO4/c1-14-12-22(13-18(26-14)19(23)24)20(25)21(10-15-5-3-2-4-6-15)11-16-7-8-17(21)9-16/h2-6,14,16-18H,7-13H2,1H3,(H,23,24)/t14-,16?,17?,18?,21?/m1/s1. The maximum absolute atomic E-state index is 13.7. The molecule has 3 aliphatic rings. The van der Waals surface area contributed by atoms with Crippen molar-refractivity contribution < 1.29 is 19.4 Å². The maximum atomic E-state index is 13.7. The second-order valence-electron chi connectivity index (χ2n) is 8.38. The van der Waals surface area contributed by atoms with E-state index >= 15 is 0 Å². The summed E-state index contributed by atoms with van der Waals surface area (Å²) < 4.78 is 5.51. The molecule has 1 N–H and O–H groups in total. The van der Waals surface area contributed by atoms with Gasteiger partial charge in [-0.2, -0.15) is 0 Å². The number of rotatable bonds is 4. The normalized spacial score (nSPS) is 36.3. The molecule has 4 rings (SSSR count). The van der Waals surface area contributed by atoms with Gasteiger partial charge in [0.25, 0.3) is 0 Å². The number of carbonyl (C=O) groups is 2. The summed E-state index contributed by atoms with van der Waals surface area (Å²) >= 11 is 0. The van der Waals surface area contributed by atoms with Crippen LogP contribution in [0.25, 0.3) is 0 Å². The van der Waals surface area contributed by atoms with Crippen molar-refractivity contribution in [3.63, 3.8) is 0 Å². The van der Waals surface area contributed by atoms with Crippen molar-refractivity contribution in [1.29, 1.82) is 0 Å². The van der Waals surface area contributed by atoms with Crippen LogP contribution in [-0.4, -0.2) is 47.2 Å². The van der Waals surface area contributed by atoms with Gasteiger partial charge in [0.2, 0.25) is 5.91 Å². The van der Waals surface area contributed by atoms with E-state index in [0.717, 1.165) is 25.7 Å². The van der Waals surface area contributed by atoms with E-state index in [1.54, 1.807) is 4.90 Å². The molecule has 5 heteroatoms. The molecular formula is C21H27NO4. The van der Waals surface area contributed by atoms with Gasteiger partial charge in [0.05, 0.1) is 18.1 Å². The number of amides is 1. The minimum Gasteiger partial charge on any atom is -0.479 e. The molecule has 0 radical (unpaired) electrons. The summed E-state index contributed by atoms with van der Waals surface area (Å²) in [5.74, 6) is 0.220. The molecule has 26 heavy (non-hydrogen) atoms. The molecule has 2 saturated carbocycles. The van der Waals surface area contributed by atoms with Crippen LogP contribution < -0.4 is 0 Å². The Bertz CT molecular complexity index is 691. The minimum atomic E-state index is -0.987. The highest BCUT2D eigenvalue weighted by Crippen LogP contribution is 2.58. The van der Waals surface area contributed by atoms with Gasteiger partial charge in [-0.05, 0) is 50.0 Å². The Kier molecular flexibility index (Phi) is 4.51. The topological polar surface area (TPSA) is 66.8 Å². The summed E-state index contributed by atoms with van der Waals surface area (Å²) in [6, 6.07) is 10.3. The van der Waals surface area contributed by atoms with E-state index in [4.69, 9.17) is 4.74 Å². The van der Waals surface area contributed by atoms with Crippen LogP contribution in [0.15, 0.2) is 30.3 Å². The highest BCUT2D eigenvalue weighted by Gasteiger charge is 2.57. The van der Waals surface area contributed by atoms with E-state index < -0.39 is 12.1 Å². The smallest absolute Gasteiger partial charge is 0.334 e. The molecular weight excluding hydrogens is 330 g/mol. The molecule has 3 fully saturated rings. The molecule has 1 aromatic carbocycles. The van der Waals surface area contributed by atoms with Crippen LogP contribution in [0.4, 0.5) is 0 Å². The van der Waals surface area contributed by atoms with Crippen molar-refractivity contribution >= 4 is 11.9 Å². The molecule has 1 amide bonds. The fraction of sp³-hybridized carbons (Fsp3) is 0.619. The summed E-state index contributed by atoms with van der Waals surface area (Å²) in [4.78, 5) is 26.9. The van der Waals surface area contributed by atoms with Crippen LogP contribution in [-0.2, 0) is 20.7 Å². The Labute approximate surface area is 154 Å². The van der Waals surface area contributed by atoms with Crippen molar-refractivity contribution in [1.82, 2.24) is 4.90 Å². The SMILES string of the molecule is C[C@@H]1CN(C(=O)C2(Cc3ccccc3)CC3CCC2C3)CC(C(=O)O)O1. The Morgan fingerprint density at radius 2 is 2.00 bits per heavy atom. The molecule has 2 aliphatic carbocycles. The fourth-order valence-electron chi connectivity index (χ4n) is 5.53. The molecule has 1 aromatic rings. The van der Waals surface area contributed by atoms with E-state index in [2.05, 4.69) is 12.1 Å². The van der Waals surface area contributed by atoms with Crippen molar-refractivity contribution in [2.75, 3.05) is 13.1 Å². The van der Waals surface area contributed by atoms with Gasteiger partial charge in [-0.25, -0.2) is 4.79 Å². The largest absolute Gasteiger partial charge is 0.479 e. The minimum absolute atomic E-state index is 0.148. The van der Waals surface area contributed by atoms with Gasteiger partial charge in [0, 0.05) is 6.54 Å². The molecule has 1 aliphatic heterocycles. The lowest BCUT2D eigenvalue weighted by molar-refractivity contribution is -0.171. The summed E-state index contributed by atoms with van der Waals surface area (Å²) in [5, 5.41) is 9.36. The number of ether oxygens (including phenoxy) is 1. The zero-order valence-electron chi connectivity index (χ0n) is 15.3. The predicted molar refractivity (Wildman–Crippen MR) is 96.6 cm³/mol. The lowest BCUT2D eigenvalue weighted by Gasteiger charge is -2.44. The first kappa shape index (κ1) is 17.5. The third kappa shape index (κ3) is 3.02. The number of hydrogen-bond donors (Lipinski definition) is 1. The van der Waals surface area contributed by atoms with Crippen LogP contribution in [0.3, 0.4) is 0 Å². The Hall–Kier alpha value is -1.88. The number of hydrogen-bond acceptors (Lipinski definition) is 3. The van der Waals surface area contributed by atoms with Crippen LogP contribution in [0.5, 0.6) is 0 Å². The Morgan fingerprint density at radius 1 is 1.23 bits per heavy atom. The van der Waals surface area contributed by atoms with Gasteiger partial charge in [0.1, 0.15) is 0 Å². The zero-order chi connectivity index (χ0) is 18.3. The number of fused-ring (bicyclic) bond motifs is 2. The van der Waals surface area contributed by atoms with Gasteiger partial charge in [-0.1, -0.05) is 36.8 Å². The predicted octanol–water partition coefficient (Wildman–Crippen LogP) is 2.74. The van der Waals surface area contributed by atoms with Gasteiger partial charge < -0.3 is 14.7 Å². The first-order chi connectivity index (χ1) is 12.5. The van der Waals surface area contributed by atoms with E-state index in [1.807, 2.05) is 25.1 Å². The highest BCUT2D eigenvalue weighted by molar-refractivity contribution is 5.85. The molecule has 1 saturated heterocycles. The maximum Gasteiger partial charge on any atom is 0.334 e. The Morgan fingerprint density at radius 3 is 2.62 bits per heavy atom. The fourth-order valence-corrected chi connectivity index (χ4v) is 5.53. The lowest BCUT2D eigenvalue weighted by Crippen LogP contribution is -2.57. The molecule has 1 heterocycles. The number of benzene rings is 1. The number of carboxylic acid groups (broad SMARTS) is 1. The zero-order valence-corrected chi connectivity index (χ0v) is 15.3. The lowest BCUT2D eigenvalue weighted by atomic mass is 9.68. The van der Waals surface area contributed by atoms with E-state index in [1.165, 1.54) is 12.0 Å². The van der Waals surface area contributed by atoms with Crippen molar-refractivity contribution in [3.05, 3.63) is 35.9 Å². The quantitative estimate of drug-likeness (QED) is 0.900. The number of nitrogens with zero attached hydrogens (tertiary/aromatic N) is 1. The molecule has 140 valence electrons. The second kappa shape index (κ2) is 6.69. The van der Waals surface area contributed by atoms with E-state index in [0.29, 0.717) is 18.4 Å². The average molecular weight is 357 g/mol. The Balaban J connectivity index is 1.62. The summed E-state index contributed by atoms with van der Waals surface area (Å²) in [6.45, 7) is 2.49. The van der Waals surface area contributed by atoms with Gasteiger partial charge in [-0.15, -0.1) is 0 Å². The molecule has 5 atom stereocenters. The van der Waals surface area contributed by atoms with Crippen LogP contribution >= 0.6 is 0 Å². The van der Waals surface area contributed by atoms with Gasteiger partial charge in [-0.3, -0.25) is 4.79 Å². The first-order valence-electron chi connectivity index (χ1n) is 9.69. The molecule has 0 spiro atoms. The molecule has 0 aromatic heterocycles. The van der Waals surface area contributed by atoms with E-state index in [9.17, 15) is 14.7 Å². The van der Waals surface area contributed by atoms with Gasteiger partial charge >= 0.3 is 5.97 Å². The van der Waals surface area contributed by atoms with Crippen molar-refractivity contribution in [2.45, 2.75) is 51.2 Å². The molecule has 5 nitrogen and oxygen atoms in total. The molecule has 4 unspecified atom stereocenters. The van der Waals surface area contributed by atoms with Crippen molar-refractivity contribution in [3.8, 4) is 0 Å². The summed E-state index contributed by atoms with van der Waals surface area (Å²) in [6.07, 6.45) is 4.01. The van der Waals surface area contributed by atoms with Crippen LogP contribution in [0.2, 0.25) is 0 Å². The monoisotopic (exact) mass is 357 g/mol. The number of aliphatic carboxylic acids is 1.